The molecule has 1 fully saturated rings. The summed E-state index contributed by atoms with van der Waals surface area (Å²) in [5, 5.41) is 7.13. The minimum Gasteiger partial charge on any atom is -0.384 e. The smallest absolute Gasteiger partial charge is 0.234 e. The second-order valence-electron chi connectivity index (χ2n) is 6.01. The van der Waals surface area contributed by atoms with Crippen LogP contribution in [0.25, 0.3) is 0 Å². The Labute approximate surface area is 129 Å². The molecule has 0 atom stereocenters. The van der Waals surface area contributed by atoms with Crippen molar-refractivity contribution in [2.75, 3.05) is 32.1 Å². The number of aromatic nitrogens is 1. The quantitative estimate of drug-likeness (QED) is 0.893. The van der Waals surface area contributed by atoms with Gasteiger partial charge >= 0.3 is 0 Å². The van der Waals surface area contributed by atoms with Gasteiger partial charge in [-0.2, -0.15) is 0 Å². The van der Waals surface area contributed by atoms with Crippen LogP contribution in [-0.2, 0) is 22.4 Å². The first-order valence-electron chi connectivity index (χ1n) is 7.73. The van der Waals surface area contributed by atoms with Crippen molar-refractivity contribution < 1.29 is 9.53 Å². The molecule has 0 unspecified atom stereocenters. The maximum atomic E-state index is 12.7. The highest BCUT2D eigenvalue weighted by Crippen LogP contribution is 2.33. The molecule has 0 aromatic carbocycles. The first-order valence-corrected chi connectivity index (χ1v) is 8.55. The van der Waals surface area contributed by atoms with Crippen LogP contribution in [-0.4, -0.2) is 37.7 Å². The number of carbonyl (C=O) groups is 1. The number of piperidine rings is 1. The van der Waals surface area contributed by atoms with Crippen molar-refractivity contribution in [3.63, 3.8) is 0 Å². The molecule has 21 heavy (non-hydrogen) atoms. The Morgan fingerprint density at radius 2 is 2.14 bits per heavy atom. The summed E-state index contributed by atoms with van der Waals surface area (Å²) in [6, 6.07) is 0. The first kappa shape index (κ1) is 14.9. The number of amides is 1. The lowest BCUT2D eigenvalue weighted by atomic mass is 9.79. The number of aryl methyl sites for hydroxylation is 2. The highest BCUT2D eigenvalue weighted by Gasteiger charge is 2.40. The van der Waals surface area contributed by atoms with Crippen molar-refractivity contribution in [1.82, 2.24) is 10.3 Å². The second kappa shape index (κ2) is 6.42. The molecular formula is C15H23N3O2S. The van der Waals surface area contributed by atoms with E-state index >= 15 is 0 Å². The Morgan fingerprint density at radius 3 is 2.86 bits per heavy atom. The monoisotopic (exact) mass is 309 g/mol. The number of anilines is 1. The van der Waals surface area contributed by atoms with Crippen LogP contribution in [0.1, 0.15) is 36.3 Å². The Bertz CT molecular complexity index is 480. The van der Waals surface area contributed by atoms with E-state index in [4.69, 9.17) is 4.74 Å². The van der Waals surface area contributed by atoms with E-state index in [1.807, 2.05) is 0 Å². The van der Waals surface area contributed by atoms with Crippen LogP contribution >= 0.6 is 11.3 Å². The van der Waals surface area contributed by atoms with Gasteiger partial charge in [0.2, 0.25) is 5.91 Å². The molecule has 1 aliphatic carbocycles. The van der Waals surface area contributed by atoms with Gasteiger partial charge in [-0.3, -0.25) is 4.79 Å². The predicted octanol–water partition coefficient (Wildman–Crippen LogP) is 1.98. The van der Waals surface area contributed by atoms with Crippen LogP contribution in [0.5, 0.6) is 0 Å². The van der Waals surface area contributed by atoms with Crippen molar-refractivity contribution in [2.24, 2.45) is 5.41 Å². The Kier molecular flexibility index (Phi) is 4.57. The van der Waals surface area contributed by atoms with Crippen molar-refractivity contribution in [3.8, 4) is 0 Å². The third-order valence-corrected chi connectivity index (χ3v) is 5.60. The minimum atomic E-state index is -0.411. The summed E-state index contributed by atoms with van der Waals surface area (Å²) in [7, 11) is 1.67. The van der Waals surface area contributed by atoms with E-state index in [2.05, 4.69) is 15.6 Å². The fraction of sp³-hybridized carbons (Fsp3) is 0.733. The van der Waals surface area contributed by atoms with Gasteiger partial charge in [-0.05, 0) is 51.6 Å². The van der Waals surface area contributed by atoms with Gasteiger partial charge in [0.05, 0.1) is 17.7 Å². The number of ether oxygens (including phenoxy) is 1. The number of rotatable bonds is 4. The molecule has 116 valence electrons. The van der Waals surface area contributed by atoms with Gasteiger partial charge in [0.25, 0.3) is 0 Å². The fourth-order valence-electron chi connectivity index (χ4n) is 3.25. The number of thiazole rings is 1. The molecule has 0 bridgehead atoms. The van der Waals surface area contributed by atoms with E-state index in [1.54, 1.807) is 18.4 Å². The zero-order chi connectivity index (χ0) is 14.7. The standard InChI is InChI=1S/C15H23N3O2S/c1-20-10-15(6-8-16-9-7-15)13(19)18-14-17-11-4-2-3-5-12(11)21-14/h16H,2-10H2,1H3,(H,17,18,19). The first-order chi connectivity index (χ1) is 10.2. The summed E-state index contributed by atoms with van der Waals surface area (Å²) >= 11 is 1.64. The van der Waals surface area contributed by atoms with Gasteiger partial charge in [-0.25, -0.2) is 4.98 Å². The van der Waals surface area contributed by atoms with Gasteiger partial charge in [-0.1, -0.05) is 0 Å². The lowest BCUT2D eigenvalue weighted by Crippen LogP contribution is -2.47. The van der Waals surface area contributed by atoms with Gasteiger partial charge in [0.1, 0.15) is 0 Å². The molecule has 3 rings (SSSR count). The zero-order valence-electron chi connectivity index (χ0n) is 12.5. The number of carbonyl (C=O) groups excluding carboxylic acids is 1. The van der Waals surface area contributed by atoms with Crippen LogP contribution in [0, 0.1) is 5.41 Å². The van der Waals surface area contributed by atoms with Crippen LogP contribution in [0.15, 0.2) is 0 Å². The normalized spacial score (nSPS) is 20.8. The molecule has 1 saturated heterocycles. The molecule has 2 N–H and O–H groups in total. The van der Waals surface area contributed by atoms with Crippen LogP contribution in [0.3, 0.4) is 0 Å². The van der Waals surface area contributed by atoms with Crippen LogP contribution < -0.4 is 10.6 Å². The number of nitrogens with zero attached hydrogens (tertiary/aromatic N) is 1. The van der Waals surface area contributed by atoms with Crippen molar-refractivity contribution in [3.05, 3.63) is 10.6 Å². The number of hydrogen-bond acceptors (Lipinski definition) is 5. The molecule has 0 spiro atoms. The summed E-state index contributed by atoms with van der Waals surface area (Å²) in [6.07, 6.45) is 6.24. The number of nitrogens with one attached hydrogen (secondary N) is 2. The number of hydrogen-bond donors (Lipinski definition) is 2. The van der Waals surface area contributed by atoms with Gasteiger partial charge < -0.3 is 15.4 Å². The Balaban J connectivity index is 1.73. The van der Waals surface area contributed by atoms with Gasteiger partial charge in [-0.15, -0.1) is 11.3 Å². The maximum absolute atomic E-state index is 12.7. The van der Waals surface area contributed by atoms with E-state index in [1.165, 1.54) is 23.4 Å². The average Bonchev–Trinajstić information content (AvgIpc) is 2.90. The highest BCUT2D eigenvalue weighted by molar-refractivity contribution is 7.15. The second-order valence-corrected chi connectivity index (χ2v) is 7.10. The van der Waals surface area contributed by atoms with Gasteiger partial charge in [0, 0.05) is 12.0 Å². The molecule has 1 amide bonds. The molecule has 0 saturated carbocycles. The van der Waals surface area contributed by atoms with Crippen LogP contribution in [0.4, 0.5) is 5.13 Å². The fourth-order valence-corrected chi connectivity index (χ4v) is 4.30. The summed E-state index contributed by atoms with van der Waals surface area (Å²) in [4.78, 5) is 18.7. The summed E-state index contributed by atoms with van der Waals surface area (Å²) in [5.74, 6) is 0.0666. The van der Waals surface area contributed by atoms with Crippen molar-refractivity contribution >= 4 is 22.4 Å². The lowest BCUT2D eigenvalue weighted by molar-refractivity contribution is -0.130. The van der Waals surface area contributed by atoms with E-state index in [-0.39, 0.29) is 5.91 Å². The molecule has 6 heteroatoms. The lowest BCUT2D eigenvalue weighted by Gasteiger charge is -2.35. The molecule has 2 heterocycles. The summed E-state index contributed by atoms with van der Waals surface area (Å²) in [6.45, 7) is 2.21. The SMILES string of the molecule is COCC1(C(=O)Nc2nc3c(s2)CCCC3)CCNCC1. The number of fused-ring (bicyclic) bond motifs is 1. The van der Waals surface area contributed by atoms with E-state index in [9.17, 15) is 4.79 Å². The highest BCUT2D eigenvalue weighted by atomic mass is 32.1. The van der Waals surface area contributed by atoms with Crippen molar-refractivity contribution in [1.29, 1.82) is 0 Å². The van der Waals surface area contributed by atoms with Crippen LogP contribution in [0.2, 0.25) is 0 Å². The Morgan fingerprint density at radius 1 is 1.38 bits per heavy atom. The molecule has 1 aliphatic heterocycles. The molecule has 2 aliphatic rings. The minimum absolute atomic E-state index is 0.0666. The Hall–Kier alpha value is -0.980. The van der Waals surface area contributed by atoms with E-state index in [0.29, 0.717) is 6.61 Å². The summed E-state index contributed by atoms with van der Waals surface area (Å²) in [5.41, 5.74) is 0.777. The van der Waals surface area contributed by atoms with Crippen molar-refractivity contribution in [2.45, 2.75) is 38.5 Å². The van der Waals surface area contributed by atoms with E-state index in [0.717, 1.165) is 43.9 Å². The maximum Gasteiger partial charge on any atom is 0.234 e. The molecule has 1 aromatic heterocycles. The van der Waals surface area contributed by atoms with E-state index < -0.39 is 5.41 Å². The summed E-state index contributed by atoms with van der Waals surface area (Å²) < 4.78 is 5.32. The molecule has 1 aromatic rings. The molecule has 5 nitrogen and oxygen atoms in total. The third kappa shape index (κ3) is 3.12. The predicted molar refractivity (Wildman–Crippen MR) is 83.8 cm³/mol. The zero-order valence-corrected chi connectivity index (χ0v) is 13.4. The molecule has 0 radical (unpaired) electrons. The largest absolute Gasteiger partial charge is 0.384 e. The third-order valence-electron chi connectivity index (χ3n) is 4.53. The molecular weight excluding hydrogens is 286 g/mol. The number of methoxy groups -OCH3 is 1. The van der Waals surface area contributed by atoms with Gasteiger partial charge in [0.15, 0.2) is 5.13 Å². The topological polar surface area (TPSA) is 63.2 Å². The average molecular weight is 309 g/mol.